The molecule has 0 aliphatic carbocycles. The summed E-state index contributed by atoms with van der Waals surface area (Å²) < 4.78 is 26.3. The Bertz CT molecular complexity index is 838. The Kier molecular flexibility index (Phi) is 5.06. The summed E-state index contributed by atoms with van der Waals surface area (Å²) in [6.07, 6.45) is 1.22. The molecule has 1 N–H and O–H groups in total. The number of nitrogens with zero attached hydrogens (tertiary/aromatic N) is 4. The van der Waals surface area contributed by atoms with Crippen molar-refractivity contribution in [3.63, 3.8) is 0 Å². The Labute approximate surface area is 148 Å². The van der Waals surface area contributed by atoms with E-state index in [2.05, 4.69) is 15.3 Å². The molecule has 1 aromatic heterocycles. The zero-order valence-electron chi connectivity index (χ0n) is 14.1. The number of carbonyl (C=O) groups is 2. The molecule has 0 spiro atoms. The maximum Gasteiger partial charge on any atom is 0.272 e. The average molecular weight is 361 g/mol. The third kappa shape index (κ3) is 3.93. The van der Waals surface area contributed by atoms with Crippen LogP contribution in [0.2, 0.25) is 0 Å². The normalized spacial score (nSPS) is 14.3. The highest BCUT2D eigenvalue weighted by Crippen LogP contribution is 2.18. The van der Waals surface area contributed by atoms with Gasteiger partial charge in [0, 0.05) is 50.9 Å². The third-order valence-corrected chi connectivity index (χ3v) is 4.09. The molecule has 1 aromatic carbocycles. The molecule has 136 valence electrons. The highest BCUT2D eigenvalue weighted by molar-refractivity contribution is 5.93. The van der Waals surface area contributed by atoms with Crippen LogP contribution >= 0.6 is 0 Å². The van der Waals surface area contributed by atoms with Crippen LogP contribution in [0.15, 0.2) is 30.6 Å². The Balaban J connectivity index is 1.69. The summed E-state index contributed by atoms with van der Waals surface area (Å²) in [4.78, 5) is 35.2. The van der Waals surface area contributed by atoms with Crippen LogP contribution < -0.4 is 5.32 Å². The van der Waals surface area contributed by atoms with Gasteiger partial charge in [-0.05, 0) is 12.1 Å². The highest BCUT2D eigenvalue weighted by Gasteiger charge is 2.24. The Morgan fingerprint density at radius 2 is 1.69 bits per heavy atom. The topological polar surface area (TPSA) is 78.4 Å². The standard InChI is InChI=1S/C17H17F2N5O2/c1-11(25)23-4-6-24(7-5-23)17(26)15-9-16(21-10-20-15)22-12-2-3-13(18)14(19)8-12/h2-3,8-10H,4-7H2,1H3,(H,20,21,22). The van der Waals surface area contributed by atoms with E-state index in [1.54, 1.807) is 9.80 Å². The molecule has 2 amide bonds. The number of carbonyl (C=O) groups excluding carboxylic acids is 2. The molecule has 0 radical (unpaired) electrons. The van der Waals surface area contributed by atoms with Crippen molar-refractivity contribution in [2.24, 2.45) is 0 Å². The molecule has 9 heteroatoms. The van der Waals surface area contributed by atoms with Gasteiger partial charge in [-0.1, -0.05) is 0 Å². The second-order valence-electron chi connectivity index (χ2n) is 5.84. The number of hydrogen-bond donors (Lipinski definition) is 1. The van der Waals surface area contributed by atoms with E-state index in [9.17, 15) is 18.4 Å². The first-order valence-corrected chi connectivity index (χ1v) is 8.03. The van der Waals surface area contributed by atoms with Crippen molar-refractivity contribution >= 4 is 23.3 Å². The van der Waals surface area contributed by atoms with Crippen molar-refractivity contribution in [2.45, 2.75) is 6.92 Å². The van der Waals surface area contributed by atoms with E-state index in [1.165, 1.54) is 25.4 Å². The van der Waals surface area contributed by atoms with Crippen molar-refractivity contribution in [3.05, 3.63) is 47.9 Å². The van der Waals surface area contributed by atoms with E-state index in [1.807, 2.05) is 0 Å². The molecule has 7 nitrogen and oxygen atoms in total. The maximum absolute atomic E-state index is 13.3. The molecule has 26 heavy (non-hydrogen) atoms. The van der Waals surface area contributed by atoms with E-state index < -0.39 is 11.6 Å². The molecule has 2 aromatic rings. The fraction of sp³-hybridized carbons (Fsp3) is 0.294. The second-order valence-corrected chi connectivity index (χ2v) is 5.84. The van der Waals surface area contributed by atoms with E-state index in [0.717, 1.165) is 12.1 Å². The first kappa shape index (κ1) is 17.7. The number of anilines is 2. The van der Waals surface area contributed by atoms with Crippen LogP contribution in [0.25, 0.3) is 0 Å². The van der Waals surface area contributed by atoms with Crippen molar-refractivity contribution in [1.82, 2.24) is 19.8 Å². The summed E-state index contributed by atoms with van der Waals surface area (Å²) >= 11 is 0. The van der Waals surface area contributed by atoms with Crippen molar-refractivity contribution in [1.29, 1.82) is 0 Å². The van der Waals surface area contributed by atoms with Gasteiger partial charge in [-0.15, -0.1) is 0 Å². The van der Waals surface area contributed by atoms with Crippen molar-refractivity contribution < 1.29 is 18.4 Å². The van der Waals surface area contributed by atoms with Gasteiger partial charge in [0.1, 0.15) is 17.8 Å². The van der Waals surface area contributed by atoms with Crippen LogP contribution in [0.5, 0.6) is 0 Å². The lowest BCUT2D eigenvalue weighted by atomic mass is 10.2. The predicted octanol–water partition coefficient (Wildman–Crippen LogP) is 1.80. The van der Waals surface area contributed by atoms with Gasteiger partial charge in [0.05, 0.1) is 0 Å². The van der Waals surface area contributed by atoms with Crippen LogP contribution in [0, 0.1) is 11.6 Å². The van der Waals surface area contributed by atoms with Gasteiger partial charge in [0.25, 0.3) is 5.91 Å². The first-order chi connectivity index (χ1) is 12.4. The molecule has 0 saturated carbocycles. The molecule has 2 heterocycles. The van der Waals surface area contributed by atoms with Crippen LogP contribution in [0.1, 0.15) is 17.4 Å². The summed E-state index contributed by atoms with van der Waals surface area (Å²) in [5.41, 5.74) is 0.484. The number of aromatic nitrogens is 2. The van der Waals surface area contributed by atoms with Gasteiger partial charge in [-0.3, -0.25) is 9.59 Å². The highest BCUT2D eigenvalue weighted by atomic mass is 19.2. The van der Waals surface area contributed by atoms with Crippen LogP contribution in [0.3, 0.4) is 0 Å². The largest absolute Gasteiger partial charge is 0.340 e. The average Bonchev–Trinajstić information content (AvgIpc) is 2.64. The van der Waals surface area contributed by atoms with Gasteiger partial charge < -0.3 is 15.1 Å². The van der Waals surface area contributed by atoms with Gasteiger partial charge in [0.2, 0.25) is 5.91 Å². The minimum absolute atomic E-state index is 0.0165. The van der Waals surface area contributed by atoms with E-state index in [4.69, 9.17) is 0 Å². The number of hydrogen-bond acceptors (Lipinski definition) is 5. The number of piperazine rings is 1. The molecule has 3 rings (SSSR count). The van der Waals surface area contributed by atoms with E-state index in [0.29, 0.717) is 31.9 Å². The molecule has 0 unspecified atom stereocenters. The zero-order valence-corrected chi connectivity index (χ0v) is 14.1. The lowest BCUT2D eigenvalue weighted by molar-refractivity contribution is -0.130. The zero-order chi connectivity index (χ0) is 18.7. The summed E-state index contributed by atoms with van der Waals surface area (Å²) in [6.45, 7) is 3.30. The minimum Gasteiger partial charge on any atom is -0.340 e. The van der Waals surface area contributed by atoms with Crippen LogP contribution in [-0.2, 0) is 4.79 Å². The molecule has 0 atom stereocenters. The molecule has 1 saturated heterocycles. The minimum atomic E-state index is -0.983. The molecule has 1 fully saturated rings. The smallest absolute Gasteiger partial charge is 0.272 e. The Morgan fingerprint density at radius 3 is 2.35 bits per heavy atom. The molecular formula is C17H17F2N5O2. The summed E-state index contributed by atoms with van der Waals surface area (Å²) in [5, 5.41) is 2.81. The van der Waals surface area contributed by atoms with Crippen LogP contribution in [-0.4, -0.2) is 57.8 Å². The third-order valence-electron chi connectivity index (χ3n) is 4.09. The SMILES string of the molecule is CC(=O)N1CCN(C(=O)c2cc(Nc3ccc(F)c(F)c3)ncn2)CC1. The van der Waals surface area contributed by atoms with E-state index >= 15 is 0 Å². The summed E-state index contributed by atoms with van der Waals surface area (Å²) in [6, 6.07) is 4.81. The molecule has 0 bridgehead atoms. The fourth-order valence-electron chi connectivity index (χ4n) is 2.65. The summed E-state index contributed by atoms with van der Waals surface area (Å²) in [5.74, 6) is -1.93. The number of halogens is 2. The number of benzene rings is 1. The summed E-state index contributed by atoms with van der Waals surface area (Å²) in [7, 11) is 0. The first-order valence-electron chi connectivity index (χ1n) is 8.03. The Morgan fingerprint density at radius 1 is 1.00 bits per heavy atom. The van der Waals surface area contributed by atoms with Crippen molar-refractivity contribution in [2.75, 3.05) is 31.5 Å². The maximum atomic E-state index is 13.3. The van der Waals surface area contributed by atoms with Gasteiger partial charge in [-0.25, -0.2) is 18.7 Å². The predicted molar refractivity (Wildman–Crippen MR) is 89.8 cm³/mol. The quantitative estimate of drug-likeness (QED) is 0.902. The lowest BCUT2D eigenvalue weighted by Gasteiger charge is -2.34. The molecule has 1 aliphatic heterocycles. The number of amides is 2. The number of rotatable bonds is 3. The van der Waals surface area contributed by atoms with Crippen molar-refractivity contribution in [3.8, 4) is 0 Å². The molecule has 1 aliphatic rings. The van der Waals surface area contributed by atoms with E-state index in [-0.39, 0.29) is 23.3 Å². The van der Waals surface area contributed by atoms with Gasteiger partial charge in [0.15, 0.2) is 11.6 Å². The lowest BCUT2D eigenvalue weighted by Crippen LogP contribution is -2.50. The van der Waals surface area contributed by atoms with Gasteiger partial charge >= 0.3 is 0 Å². The molecular weight excluding hydrogens is 344 g/mol. The fourth-order valence-corrected chi connectivity index (χ4v) is 2.65. The van der Waals surface area contributed by atoms with Crippen LogP contribution in [0.4, 0.5) is 20.3 Å². The van der Waals surface area contributed by atoms with Gasteiger partial charge in [-0.2, -0.15) is 0 Å². The number of nitrogens with one attached hydrogen (secondary N) is 1. The monoisotopic (exact) mass is 361 g/mol. The second kappa shape index (κ2) is 7.42. The Hall–Kier alpha value is -3.10.